The van der Waals surface area contributed by atoms with Gasteiger partial charge in [0, 0.05) is 25.9 Å². The predicted molar refractivity (Wildman–Crippen MR) is 55.6 cm³/mol. The molecule has 94 valence electrons. The number of halogens is 2. The van der Waals surface area contributed by atoms with Crippen LogP contribution < -0.4 is 0 Å². The highest BCUT2D eigenvalue weighted by molar-refractivity contribution is 7.10. The van der Waals surface area contributed by atoms with E-state index in [2.05, 4.69) is 13.8 Å². The number of hydrogen-bond donors (Lipinski definition) is 0. The van der Waals surface area contributed by atoms with Gasteiger partial charge in [-0.1, -0.05) is 0 Å². The van der Waals surface area contributed by atoms with Crippen molar-refractivity contribution in [1.82, 2.24) is 0 Å². The maximum Gasteiger partial charge on any atom is 0.337 e. The van der Waals surface area contributed by atoms with Gasteiger partial charge < -0.3 is 18.5 Å². The molecule has 0 aliphatic carbocycles. The van der Waals surface area contributed by atoms with Gasteiger partial charge in [-0.05, 0) is 0 Å². The molecule has 1 aliphatic rings. The highest BCUT2D eigenvalue weighted by Gasteiger charge is 2.61. The van der Waals surface area contributed by atoms with Crippen LogP contribution in [0, 0.1) is 0 Å². The van der Waals surface area contributed by atoms with Crippen LogP contribution in [0.2, 0.25) is 0 Å². The van der Waals surface area contributed by atoms with Gasteiger partial charge in [-0.3, -0.25) is 4.79 Å². The topological polar surface area (TPSA) is 54.0 Å². The summed E-state index contributed by atoms with van der Waals surface area (Å²) >= 11 is 0. The van der Waals surface area contributed by atoms with Crippen LogP contribution in [0.15, 0.2) is 0 Å². The zero-order chi connectivity index (χ0) is 12.3. The molecule has 0 aromatic carbocycles. The third-order valence-electron chi connectivity index (χ3n) is 2.01. The van der Waals surface area contributed by atoms with E-state index in [4.69, 9.17) is 4.74 Å². The van der Waals surface area contributed by atoms with E-state index < -0.39 is 30.4 Å². The quantitative estimate of drug-likeness (QED) is 0.564. The summed E-state index contributed by atoms with van der Waals surface area (Å²) in [5.74, 6) is -4.26. The molecule has 1 saturated heterocycles. The molecular weight excluding hydrogens is 264 g/mol. The Morgan fingerprint density at radius 2 is 2.12 bits per heavy atom. The van der Waals surface area contributed by atoms with Crippen LogP contribution in [0.25, 0.3) is 0 Å². The molecule has 3 unspecified atom stereocenters. The Kier molecular flexibility index (Phi) is 4.95. The van der Waals surface area contributed by atoms with Crippen molar-refractivity contribution in [2.24, 2.45) is 0 Å². The molecule has 0 saturated carbocycles. The third-order valence-corrected chi connectivity index (χ3v) is 2.50. The van der Waals surface area contributed by atoms with Crippen LogP contribution in [-0.4, -0.2) is 37.0 Å². The summed E-state index contributed by atoms with van der Waals surface area (Å²) in [6, 6.07) is 0. The molecule has 0 amide bonds. The van der Waals surface area contributed by atoms with Gasteiger partial charge in [-0.2, -0.15) is 8.78 Å². The van der Waals surface area contributed by atoms with Crippen LogP contribution in [0.3, 0.4) is 0 Å². The lowest BCUT2D eigenvalue weighted by Gasteiger charge is -2.21. The Morgan fingerprint density at radius 1 is 1.50 bits per heavy atom. The second-order valence-electron chi connectivity index (χ2n) is 3.18. The minimum Gasteiger partial charge on any atom is -0.429 e. The summed E-state index contributed by atoms with van der Waals surface area (Å²) in [6.45, 7) is 0.909. The van der Waals surface area contributed by atoms with Gasteiger partial charge >= 0.3 is 11.9 Å². The maximum atomic E-state index is 13.6. The summed E-state index contributed by atoms with van der Waals surface area (Å²) < 4.78 is 45.6. The van der Waals surface area contributed by atoms with Crippen molar-refractivity contribution in [3.63, 3.8) is 0 Å². The SMILES string of the molecule is CC(=O)OC1O[C@H](COP)[C@H](OP)C1(F)F. The van der Waals surface area contributed by atoms with E-state index in [0.717, 1.165) is 6.92 Å². The second-order valence-corrected chi connectivity index (χ2v) is 3.79. The summed E-state index contributed by atoms with van der Waals surface area (Å²) in [6.07, 6.45) is -4.49. The van der Waals surface area contributed by atoms with Gasteiger partial charge in [0.05, 0.1) is 6.61 Å². The van der Waals surface area contributed by atoms with E-state index in [1.807, 2.05) is 9.47 Å². The number of carbonyl (C=O) groups is 1. The van der Waals surface area contributed by atoms with Gasteiger partial charge in [0.2, 0.25) is 0 Å². The molecule has 5 nitrogen and oxygen atoms in total. The van der Waals surface area contributed by atoms with Crippen molar-refractivity contribution < 1.29 is 32.1 Å². The van der Waals surface area contributed by atoms with Crippen molar-refractivity contribution in [2.45, 2.75) is 31.3 Å². The van der Waals surface area contributed by atoms with Crippen LogP contribution in [0.4, 0.5) is 8.78 Å². The first kappa shape index (κ1) is 14.1. The van der Waals surface area contributed by atoms with E-state index in [1.54, 1.807) is 9.47 Å². The zero-order valence-corrected chi connectivity index (χ0v) is 10.7. The van der Waals surface area contributed by atoms with Crippen LogP contribution in [0.1, 0.15) is 6.92 Å². The molecule has 0 aromatic heterocycles. The average molecular weight is 276 g/mol. The molecule has 1 rings (SSSR count). The molecule has 1 fully saturated rings. The Hall–Kier alpha value is 0.0700. The van der Waals surface area contributed by atoms with Crippen LogP contribution >= 0.6 is 18.9 Å². The molecular formula is C7H12F2O5P2. The predicted octanol–water partition coefficient (Wildman–Crippen LogP) is 0.892. The Labute approximate surface area is 95.7 Å². The highest BCUT2D eigenvalue weighted by Crippen LogP contribution is 2.40. The number of ether oxygens (including phenoxy) is 2. The van der Waals surface area contributed by atoms with E-state index in [-0.39, 0.29) is 6.61 Å². The number of rotatable bonds is 4. The van der Waals surface area contributed by atoms with Gasteiger partial charge in [-0.25, -0.2) is 0 Å². The smallest absolute Gasteiger partial charge is 0.337 e. The van der Waals surface area contributed by atoms with Crippen molar-refractivity contribution in [1.29, 1.82) is 0 Å². The molecule has 1 heterocycles. The number of carbonyl (C=O) groups excluding carboxylic acids is 1. The van der Waals surface area contributed by atoms with Crippen LogP contribution in [0.5, 0.6) is 0 Å². The molecule has 0 spiro atoms. The average Bonchev–Trinajstić information content (AvgIpc) is 2.38. The fraction of sp³-hybridized carbons (Fsp3) is 0.857. The summed E-state index contributed by atoms with van der Waals surface area (Å²) in [5, 5.41) is 0. The van der Waals surface area contributed by atoms with Crippen molar-refractivity contribution in [2.75, 3.05) is 6.61 Å². The van der Waals surface area contributed by atoms with E-state index in [9.17, 15) is 13.6 Å². The van der Waals surface area contributed by atoms with Gasteiger partial charge in [0.1, 0.15) is 6.10 Å². The minimum absolute atomic E-state index is 0.114. The summed E-state index contributed by atoms with van der Waals surface area (Å²) in [7, 11) is 3.65. The Balaban J connectivity index is 2.78. The van der Waals surface area contributed by atoms with Gasteiger partial charge in [-0.15, -0.1) is 0 Å². The van der Waals surface area contributed by atoms with Crippen molar-refractivity contribution in [3.8, 4) is 0 Å². The summed E-state index contributed by atoms with van der Waals surface area (Å²) in [5.41, 5.74) is 0. The standard InChI is InChI=1S/C7H12F2O5P2/c1-3(10)12-6-7(8,9)5(14-16)4(13-6)2-11-15/h4-6H,2,15-16H2,1H3/t4-,5+,6?/m1/s1. The molecule has 9 heteroatoms. The molecule has 0 radical (unpaired) electrons. The zero-order valence-electron chi connectivity index (χ0n) is 8.39. The molecule has 1 aliphatic heterocycles. The van der Waals surface area contributed by atoms with Crippen LogP contribution in [-0.2, 0) is 23.3 Å². The second kappa shape index (κ2) is 5.61. The first-order chi connectivity index (χ1) is 7.43. The first-order valence-electron chi connectivity index (χ1n) is 4.31. The lowest BCUT2D eigenvalue weighted by molar-refractivity contribution is -0.221. The Bertz CT molecular complexity index is 265. The fourth-order valence-corrected chi connectivity index (χ4v) is 1.91. The lowest BCUT2D eigenvalue weighted by atomic mass is 10.1. The number of hydrogen-bond acceptors (Lipinski definition) is 5. The van der Waals surface area contributed by atoms with E-state index in [0.29, 0.717) is 0 Å². The normalized spacial score (nSPS) is 32.7. The summed E-state index contributed by atoms with van der Waals surface area (Å²) in [4.78, 5) is 10.6. The van der Waals surface area contributed by atoms with E-state index in [1.165, 1.54) is 0 Å². The Morgan fingerprint density at radius 3 is 2.56 bits per heavy atom. The maximum absolute atomic E-state index is 13.6. The van der Waals surface area contributed by atoms with Crippen molar-refractivity contribution in [3.05, 3.63) is 0 Å². The molecule has 5 atom stereocenters. The monoisotopic (exact) mass is 276 g/mol. The fourth-order valence-electron chi connectivity index (χ4n) is 1.36. The number of esters is 1. The molecule has 0 bridgehead atoms. The number of alkyl halides is 2. The molecule has 0 aromatic rings. The van der Waals surface area contributed by atoms with E-state index >= 15 is 0 Å². The lowest BCUT2D eigenvalue weighted by Crippen LogP contribution is -2.42. The first-order valence-corrected chi connectivity index (χ1v) is 5.25. The molecule has 16 heavy (non-hydrogen) atoms. The minimum atomic E-state index is -3.42. The molecule has 0 N–H and O–H groups in total. The largest absolute Gasteiger partial charge is 0.429 e. The highest BCUT2D eigenvalue weighted by atomic mass is 31.0. The third kappa shape index (κ3) is 2.84. The van der Waals surface area contributed by atoms with Gasteiger partial charge in [0.15, 0.2) is 6.10 Å². The van der Waals surface area contributed by atoms with Crippen molar-refractivity contribution >= 4 is 24.9 Å². The van der Waals surface area contributed by atoms with Gasteiger partial charge in [0.25, 0.3) is 6.29 Å².